The van der Waals surface area contributed by atoms with Gasteiger partial charge in [-0.15, -0.1) is 0 Å². The van der Waals surface area contributed by atoms with Crippen molar-refractivity contribution in [2.24, 2.45) is 12.8 Å². The summed E-state index contributed by atoms with van der Waals surface area (Å²) < 4.78 is 2.17. The highest BCUT2D eigenvalue weighted by atomic mass is 35.5. The molecule has 0 spiro atoms. The van der Waals surface area contributed by atoms with Crippen molar-refractivity contribution in [1.82, 2.24) is 4.57 Å². The maximum atomic E-state index is 6.29. The lowest BCUT2D eigenvalue weighted by molar-refractivity contribution is 0.755. The molecule has 2 N–H and O–H groups in total. The van der Waals surface area contributed by atoms with Gasteiger partial charge in [-0.25, -0.2) is 0 Å². The monoisotopic (exact) mass is 236 g/mol. The van der Waals surface area contributed by atoms with Gasteiger partial charge in [-0.1, -0.05) is 25.4 Å². The number of hydrogen-bond donors (Lipinski definition) is 1. The highest BCUT2D eigenvalue weighted by Gasteiger charge is 2.12. The van der Waals surface area contributed by atoms with E-state index in [0.29, 0.717) is 12.5 Å². The van der Waals surface area contributed by atoms with Crippen LogP contribution in [0.2, 0.25) is 5.02 Å². The minimum Gasteiger partial charge on any atom is -0.346 e. The number of aryl methyl sites for hydroxylation is 1. The van der Waals surface area contributed by atoms with E-state index in [1.165, 1.54) is 11.1 Å². The Balaban J connectivity index is 2.75. The third-order valence-electron chi connectivity index (χ3n) is 3.01. The van der Waals surface area contributed by atoms with Crippen LogP contribution in [0.25, 0.3) is 10.9 Å². The Morgan fingerprint density at radius 3 is 2.56 bits per heavy atom. The summed E-state index contributed by atoms with van der Waals surface area (Å²) in [5, 5.41) is 1.96. The van der Waals surface area contributed by atoms with Gasteiger partial charge in [0.2, 0.25) is 0 Å². The van der Waals surface area contributed by atoms with Crippen molar-refractivity contribution in [1.29, 1.82) is 0 Å². The number of fused-ring (bicyclic) bond motifs is 1. The lowest BCUT2D eigenvalue weighted by atomic mass is 10.1. The third-order valence-corrected chi connectivity index (χ3v) is 3.29. The van der Waals surface area contributed by atoms with Crippen LogP contribution in [-0.2, 0) is 13.6 Å². The van der Waals surface area contributed by atoms with Gasteiger partial charge >= 0.3 is 0 Å². The van der Waals surface area contributed by atoms with Crippen LogP contribution in [0.5, 0.6) is 0 Å². The summed E-state index contributed by atoms with van der Waals surface area (Å²) >= 11 is 6.29. The van der Waals surface area contributed by atoms with Crippen LogP contribution in [0.1, 0.15) is 31.0 Å². The van der Waals surface area contributed by atoms with Crippen molar-refractivity contribution < 1.29 is 0 Å². The summed E-state index contributed by atoms with van der Waals surface area (Å²) in [7, 11) is 2.06. The van der Waals surface area contributed by atoms with E-state index in [1.54, 1.807) is 0 Å². The Kier molecular flexibility index (Phi) is 2.96. The molecule has 0 atom stereocenters. The Morgan fingerprint density at radius 2 is 2.00 bits per heavy atom. The van der Waals surface area contributed by atoms with Gasteiger partial charge in [-0.05, 0) is 29.7 Å². The highest BCUT2D eigenvalue weighted by Crippen LogP contribution is 2.30. The summed E-state index contributed by atoms with van der Waals surface area (Å²) in [6.07, 6.45) is 0. The molecular weight excluding hydrogens is 220 g/mol. The normalized spacial score (nSPS) is 11.6. The van der Waals surface area contributed by atoms with E-state index < -0.39 is 0 Å². The van der Waals surface area contributed by atoms with Gasteiger partial charge in [-0.2, -0.15) is 0 Å². The number of nitrogens with zero attached hydrogens (tertiary/aromatic N) is 1. The van der Waals surface area contributed by atoms with Crippen molar-refractivity contribution in [3.63, 3.8) is 0 Å². The van der Waals surface area contributed by atoms with E-state index >= 15 is 0 Å². The molecule has 0 amide bonds. The van der Waals surface area contributed by atoms with Crippen LogP contribution < -0.4 is 5.73 Å². The number of halogens is 1. The number of hydrogen-bond acceptors (Lipinski definition) is 1. The van der Waals surface area contributed by atoms with E-state index in [-0.39, 0.29) is 0 Å². The zero-order valence-electron chi connectivity index (χ0n) is 9.92. The lowest BCUT2D eigenvalue weighted by Crippen LogP contribution is -1.99. The molecule has 1 aromatic heterocycles. The van der Waals surface area contributed by atoms with Gasteiger partial charge < -0.3 is 10.3 Å². The molecule has 0 saturated heterocycles. The molecule has 0 saturated carbocycles. The molecule has 1 aromatic carbocycles. The zero-order valence-corrected chi connectivity index (χ0v) is 10.7. The van der Waals surface area contributed by atoms with E-state index in [1.807, 2.05) is 6.07 Å². The average molecular weight is 237 g/mol. The van der Waals surface area contributed by atoms with Crippen molar-refractivity contribution in [3.05, 3.63) is 34.5 Å². The molecule has 2 nitrogen and oxygen atoms in total. The average Bonchev–Trinajstić information content (AvgIpc) is 2.56. The Bertz CT molecular complexity index is 526. The SMILES string of the molecule is CC(C)c1cc2cc(CN)cc(Cl)c2n1C. The first kappa shape index (κ1) is 11.5. The van der Waals surface area contributed by atoms with E-state index in [9.17, 15) is 0 Å². The maximum absolute atomic E-state index is 6.29. The maximum Gasteiger partial charge on any atom is 0.0669 e. The molecule has 0 bridgehead atoms. The second-order valence-electron chi connectivity index (χ2n) is 4.50. The molecule has 0 radical (unpaired) electrons. The minimum absolute atomic E-state index is 0.495. The Labute approximate surface area is 101 Å². The summed E-state index contributed by atoms with van der Waals surface area (Å²) in [5.74, 6) is 0.495. The molecule has 0 aliphatic heterocycles. The highest BCUT2D eigenvalue weighted by molar-refractivity contribution is 6.35. The van der Waals surface area contributed by atoms with Gasteiger partial charge in [0.25, 0.3) is 0 Å². The van der Waals surface area contributed by atoms with Crippen molar-refractivity contribution in [3.8, 4) is 0 Å². The van der Waals surface area contributed by atoms with Crippen molar-refractivity contribution in [2.45, 2.75) is 26.3 Å². The zero-order chi connectivity index (χ0) is 11.9. The Hall–Kier alpha value is -0.990. The fourth-order valence-electron chi connectivity index (χ4n) is 2.20. The number of aromatic nitrogens is 1. The largest absolute Gasteiger partial charge is 0.346 e. The Morgan fingerprint density at radius 1 is 1.31 bits per heavy atom. The lowest BCUT2D eigenvalue weighted by Gasteiger charge is -2.08. The fourth-order valence-corrected chi connectivity index (χ4v) is 2.58. The smallest absolute Gasteiger partial charge is 0.0669 e. The molecule has 3 heteroatoms. The molecule has 0 fully saturated rings. The standard InChI is InChI=1S/C13H17ClN2/c1-8(2)12-6-10-4-9(7-15)5-11(14)13(10)16(12)3/h4-6,8H,7,15H2,1-3H3. The van der Waals surface area contributed by atoms with Gasteiger partial charge in [0.05, 0.1) is 10.5 Å². The van der Waals surface area contributed by atoms with Crippen LogP contribution >= 0.6 is 11.6 Å². The summed E-state index contributed by atoms with van der Waals surface area (Å²) in [4.78, 5) is 0. The molecule has 0 unspecified atom stereocenters. The van der Waals surface area contributed by atoms with Crippen LogP contribution in [0, 0.1) is 0 Å². The van der Waals surface area contributed by atoms with Gasteiger partial charge in [0.1, 0.15) is 0 Å². The number of benzene rings is 1. The van der Waals surface area contributed by atoms with E-state index in [4.69, 9.17) is 17.3 Å². The molecule has 2 rings (SSSR count). The van der Waals surface area contributed by atoms with Crippen molar-refractivity contribution in [2.75, 3.05) is 0 Å². The second-order valence-corrected chi connectivity index (χ2v) is 4.91. The number of rotatable bonds is 2. The molecule has 0 aliphatic carbocycles. The topological polar surface area (TPSA) is 30.9 Å². The predicted molar refractivity (Wildman–Crippen MR) is 69.9 cm³/mol. The van der Waals surface area contributed by atoms with Gasteiger partial charge in [-0.3, -0.25) is 0 Å². The van der Waals surface area contributed by atoms with Crippen molar-refractivity contribution >= 4 is 22.5 Å². The molecular formula is C13H17ClN2. The molecule has 86 valence electrons. The summed E-state index contributed by atoms with van der Waals surface area (Å²) in [6, 6.07) is 6.27. The first-order valence-corrected chi connectivity index (χ1v) is 5.90. The van der Waals surface area contributed by atoms with Crippen LogP contribution in [0.4, 0.5) is 0 Å². The van der Waals surface area contributed by atoms with E-state index in [2.05, 4.69) is 37.6 Å². The minimum atomic E-state index is 0.495. The van der Waals surface area contributed by atoms with Crippen LogP contribution in [0.15, 0.2) is 18.2 Å². The van der Waals surface area contributed by atoms with Gasteiger partial charge in [0.15, 0.2) is 0 Å². The summed E-state index contributed by atoms with van der Waals surface area (Å²) in [6.45, 7) is 4.90. The van der Waals surface area contributed by atoms with Gasteiger partial charge in [0, 0.05) is 24.7 Å². The predicted octanol–water partition coefficient (Wildman–Crippen LogP) is 3.41. The molecule has 2 aromatic rings. The van der Waals surface area contributed by atoms with Crippen LogP contribution in [0.3, 0.4) is 0 Å². The molecule has 0 aliphatic rings. The third kappa shape index (κ3) is 1.72. The first-order valence-electron chi connectivity index (χ1n) is 5.52. The summed E-state index contributed by atoms with van der Waals surface area (Å²) in [5.41, 5.74) is 9.13. The second kappa shape index (κ2) is 4.11. The van der Waals surface area contributed by atoms with E-state index in [0.717, 1.165) is 16.1 Å². The van der Waals surface area contributed by atoms with Crippen LogP contribution in [-0.4, -0.2) is 4.57 Å². The molecule has 1 heterocycles. The first-order chi connectivity index (χ1) is 7.54. The molecule has 16 heavy (non-hydrogen) atoms. The quantitative estimate of drug-likeness (QED) is 0.851. The number of nitrogens with two attached hydrogens (primary N) is 1. The fraction of sp³-hybridized carbons (Fsp3) is 0.385.